The molecule has 0 aliphatic heterocycles. The highest BCUT2D eigenvalue weighted by Gasteiger charge is 2.09. The van der Waals surface area contributed by atoms with Crippen LogP contribution >= 0.6 is 34.0 Å². The van der Waals surface area contributed by atoms with Gasteiger partial charge in [0.2, 0.25) is 0 Å². The minimum Gasteiger partial charge on any atom is -0.192 e. The maximum atomic E-state index is 8.93. The van der Waals surface area contributed by atoms with Crippen molar-refractivity contribution in [3.63, 3.8) is 0 Å². The Morgan fingerprint density at radius 2 is 1.00 bits per heavy atom. The minimum atomic E-state index is 0.648. The summed E-state index contributed by atoms with van der Waals surface area (Å²) in [5.41, 5.74) is 4.00. The Hall–Kier alpha value is -3.85. The van der Waals surface area contributed by atoms with E-state index >= 15 is 0 Å². The van der Waals surface area contributed by atoms with Crippen molar-refractivity contribution < 1.29 is 0 Å². The third-order valence-corrected chi connectivity index (χ3v) is 9.23. The number of rotatable bonds is 5. The molecular formula is C33H23NS3. The smallest absolute Gasteiger partial charge is 0.0991 e. The second-order valence-electron chi connectivity index (χ2n) is 8.48. The summed E-state index contributed by atoms with van der Waals surface area (Å²) in [6.45, 7) is 2.22. The molecule has 0 bridgehead atoms. The Morgan fingerprint density at radius 1 is 0.541 bits per heavy atom. The van der Waals surface area contributed by atoms with Crippen molar-refractivity contribution >= 4 is 34.0 Å². The van der Waals surface area contributed by atoms with Gasteiger partial charge in [0.25, 0.3) is 0 Å². The lowest BCUT2D eigenvalue weighted by molar-refractivity contribution is 0.795. The Morgan fingerprint density at radius 3 is 1.51 bits per heavy atom. The molecule has 0 radical (unpaired) electrons. The van der Waals surface area contributed by atoms with Gasteiger partial charge in [-0.25, -0.2) is 0 Å². The Labute approximate surface area is 230 Å². The van der Waals surface area contributed by atoms with Crippen molar-refractivity contribution in [2.24, 2.45) is 0 Å². The van der Waals surface area contributed by atoms with Crippen LogP contribution in [0.4, 0.5) is 0 Å². The topological polar surface area (TPSA) is 23.8 Å². The van der Waals surface area contributed by atoms with E-state index in [0.29, 0.717) is 5.56 Å². The Balaban J connectivity index is 1.25. The first kappa shape index (κ1) is 24.8. The van der Waals surface area contributed by atoms with E-state index in [9.17, 15) is 0 Å². The van der Waals surface area contributed by atoms with Crippen LogP contribution in [-0.2, 0) is 6.42 Å². The summed E-state index contributed by atoms with van der Waals surface area (Å²) in [6.07, 6.45) is 3.59. The monoisotopic (exact) mass is 529 g/mol. The van der Waals surface area contributed by atoms with Gasteiger partial charge in [-0.1, -0.05) is 49.2 Å². The summed E-state index contributed by atoms with van der Waals surface area (Å²) < 4.78 is 0. The molecule has 4 heteroatoms. The van der Waals surface area contributed by atoms with E-state index in [1.807, 2.05) is 12.1 Å². The first-order valence-electron chi connectivity index (χ1n) is 12.1. The van der Waals surface area contributed by atoms with Crippen LogP contribution < -0.4 is 0 Å². The molecule has 0 unspecified atom stereocenters. The van der Waals surface area contributed by atoms with E-state index in [4.69, 9.17) is 5.26 Å². The second kappa shape index (κ2) is 11.9. The van der Waals surface area contributed by atoms with Gasteiger partial charge in [-0.2, -0.15) is 5.26 Å². The fourth-order valence-corrected chi connectivity index (χ4v) is 6.61. The highest BCUT2D eigenvalue weighted by Crippen LogP contribution is 2.39. The zero-order valence-electron chi connectivity index (χ0n) is 20.4. The average molecular weight is 530 g/mol. The summed E-state index contributed by atoms with van der Waals surface area (Å²) in [5, 5.41) is 8.93. The molecule has 0 saturated carbocycles. The molecule has 1 nitrogen and oxygen atoms in total. The van der Waals surface area contributed by atoms with Crippen LogP contribution in [-0.4, -0.2) is 0 Å². The lowest BCUT2D eigenvalue weighted by atomic mass is 10.1. The van der Waals surface area contributed by atoms with Crippen LogP contribution in [0.15, 0.2) is 84.9 Å². The third kappa shape index (κ3) is 6.48. The molecule has 0 saturated heterocycles. The van der Waals surface area contributed by atoms with Crippen LogP contribution in [0.5, 0.6) is 0 Å². The van der Waals surface area contributed by atoms with E-state index in [-0.39, 0.29) is 0 Å². The zero-order valence-corrected chi connectivity index (χ0v) is 22.8. The maximum absolute atomic E-state index is 8.93. The standard InChI is InChI=1S/C33H23NS3/c1-2-3-4-24-5-7-25(8-6-24)13-15-28-17-19-30(35-28)32-21-22-33(37-32)31-20-18-29(36-31)16-14-26-9-11-27(23-34)12-10-26/h5-12,17-22H,2-4H2,1H3. The molecule has 178 valence electrons. The number of hydrogen-bond acceptors (Lipinski definition) is 4. The van der Waals surface area contributed by atoms with Gasteiger partial charge in [0.05, 0.1) is 21.4 Å². The Kier molecular flexibility index (Phi) is 8.00. The van der Waals surface area contributed by atoms with Gasteiger partial charge in [-0.05, 0) is 91.2 Å². The average Bonchev–Trinajstić information content (AvgIpc) is 3.71. The molecule has 3 aromatic heterocycles. The molecule has 0 atom stereocenters. The summed E-state index contributed by atoms with van der Waals surface area (Å²) in [4.78, 5) is 7.08. The number of benzene rings is 2. The molecule has 0 amide bonds. The molecule has 2 aromatic carbocycles. The van der Waals surface area contributed by atoms with E-state index in [1.54, 1.807) is 46.1 Å². The fraction of sp³-hybridized carbons (Fsp3) is 0.121. The summed E-state index contributed by atoms with van der Waals surface area (Å²) in [6, 6.07) is 31.0. The van der Waals surface area contributed by atoms with Gasteiger partial charge in [0.15, 0.2) is 0 Å². The first-order valence-corrected chi connectivity index (χ1v) is 14.6. The van der Waals surface area contributed by atoms with Gasteiger partial charge in [0, 0.05) is 30.6 Å². The number of hydrogen-bond donors (Lipinski definition) is 0. The van der Waals surface area contributed by atoms with Crippen LogP contribution in [0.3, 0.4) is 0 Å². The molecular weight excluding hydrogens is 507 g/mol. The van der Waals surface area contributed by atoms with Gasteiger partial charge in [0.1, 0.15) is 0 Å². The largest absolute Gasteiger partial charge is 0.192 e. The number of thiophene rings is 3. The molecule has 5 aromatic rings. The predicted molar refractivity (Wildman–Crippen MR) is 159 cm³/mol. The van der Waals surface area contributed by atoms with Crippen LogP contribution in [0.1, 0.15) is 51.8 Å². The van der Waals surface area contributed by atoms with Crippen LogP contribution in [0.25, 0.3) is 19.5 Å². The highest BCUT2D eigenvalue weighted by atomic mass is 32.1. The molecule has 5 rings (SSSR count). The van der Waals surface area contributed by atoms with Crippen LogP contribution in [0, 0.1) is 35.0 Å². The Bertz CT molecular complexity index is 1660. The molecule has 0 fully saturated rings. The summed E-state index contributed by atoms with van der Waals surface area (Å²) in [7, 11) is 0. The minimum absolute atomic E-state index is 0.648. The summed E-state index contributed by atoms with van der Waals surface area (Å²) >= 11 is 5.24. The molecule has 37 heavy (non-hydrogen) atoms. The molecule has 3 heterocycles. The number of nitriles is 1. The van der Waals surface area contributed by atoms with E-state index in [0.717, 1.165) is 27.3 Å². The quantitative estimate of drug-likeness (QED) is 0.208. The number of nitrogens with zero attached hydrogens (tertiary/aromatic N) is 1. The lowest BCUT2D eigenvalue weighted by Crippen LogP contribution is -1.84. The zero-order chi connectivity index (χ0) is 25.5. The molecule has 0 spiro atoms. The SMILES string of the molecule is CCCCc1ccc(C#Cc2ccc(-c3ccc(-c4ccc(C#Cc5ccc(C#N)cc5)s4)s3)s2)cc1. The predicted octanol–water partition coefficient (Wildman–Crippen LogP) is 9.22. The fourth-order valence-electron chi connectivity index (χ4n) is 3.71. The van der Waals surface area contributed by atoms with Gasteiger partial charge in [-0.15, -0.1) is 34.0 Å². The van der Waals surface area contributed by atoms with Crippen molar-refractivity contribution in [2.45, 2.75) is 26.2 Å². The summed E-state index contributed by atoms with van der Waals surface area (Å²) in [5.74, 6) is 13.1. The van der Waals surface area contributed by atoms with E-state index < -0.39 is 0 Å². The molecule has 0 N–H and O–H groups in total. The van der Waals surface area contributed by atoms with Crippen molar-refractivity contribution in [3.05, 3.63) is 117 Å². The first-order chi connectivity index (χ1) is 18.2. The maximum Gasteiger partial charge on any atom is 0.0991 e. The number of unbranched alkanes of at least 4 members (excludes halogenated alkanes) is 1. The van der Waals surface area contributed by atoms with Gasteiger partial charge < -0.3 is 0 Å². The van der Waals surface area contributed by atoms with Crippen molar-refractivity contribution in [1.29, 1.82) is 5.26 Å². The van der Waals surface area contributed by atoms with Crippen molar-refractivity contribution in [2.75, 3.05) is 0 Å². The van der Waals surface area contributed by atoms with Crippen molar-refractivity contribution in [1.82, 2.24) is 0 Å². The van der Waals surface area contributed by atoms with Gasteiger partial charge in [-0.3, -0.25) is 0 Å². The molecule has 0 aliphatic carbocycles. The highest BCUT2D eigenvalue weighted by molar-refractivity contribution is 7.26. The second-order valence-corrected chi connectivity index (χ2v) is 11.7. The lowest BCUT2D eigenvalue weighted by Gasteiger charge is -1.99. The van der Waals surface area contributed by atoms with Crippen molar-refractivity contribution in [3.8, 4) is 49.3 Å². The third-order valence-electron chi connectivity index (χ3n) is 5.75. The van der Waals surface area contributed by atoms with Crippen LogP contribution in [0.2, 0.25) is 0 Å². The van der Waals surface area contributed by atoms with Gasteiger partial charge >= 0.3 is 0 Å². The van der Waals surface area contributed by atoms with E-state index in [2.05, 4.69) is 97.3 Å². The van der Waals surface area contributed by atoms with E-state index in [1.165, 1.54) is 37.9 Å². The number of aryl methyl sites for hydroxylation is 1. The molecule has 0 aliphatic rings. The normalized spacial score (nSPS) is 10.2.